The molecule has 2 aliphatic rings. The summed E-state index contributed by atoms with van der Waals surface area (Å²) < 4.78 is 48.0. The van der Waals surface area contributed by atoms with Gasteiger partial charge >= 0.3 is 18.3 Å². The van der Waals surface area contributed by atoms with Crippen LogP contribution in [0.4, 0.5) is 33.6 Å². The number of aromatic nitrogens is 1. The Bertz CT molecular complexity index is 1050. The van der Waals surface area contributed by atoms with Crippen molar-refractivity contribution in [3.8, 4) is 5.75 Å². The molecule has 1 aromatic carbocycles. The van der Waals surface area contributed by atoms with Crippen LogP contribution in [0.15, 0.2) is 24.4 Å². The summed E-state index contributed by atoms with van der Waals surface area (Å²) in [6.45, 7) is -0.564. The fourth-order valence-corrected chi connectivity index (χ4v) is 4.86. The number of ether oxygens (including phenoxy) is 2. The zero-order chi connectivity index (χ0) is 23.1. The molecule has 3 amide bonds. The molecule has 2 aliphatic heterocycles. The molecule has 8 nitrogen and oxygen atoms in total. The number of alkyl halides is 3. The van der Waals surface area contributed by atoms with Gasteiger partial charge in [0.05, 0.1) is 13.3 Å². The van der Waals surface area contributed by atoms with E-state index in [-0.39, 0.29) is 18.8 Å². The minimum atomic E-state index is -4.48. The van der Waals surface area contributed by atoms with Crippen molar-refractivity contribution in [2.24, 2.45) is 0 Å². The Hall–Kier alpha value is -2.73. The summed E-state index contributed by atoms with van der Waals surface area (Å²) in [6.07, 6.45) is -3.07. The molecule has 1 spiro atoms. The zero-order valence-corrected chi connectivity index (χ0v) is 18.3. The second kappa shape index (κ2) is 8.32. The van der Waals surface area contributed by atoms with Crippen LogP contribution in [-0.4, -0.2) is 61.5 Å². The van der Waals surface area contributed by atoms with Gasteiger partial charge in [0.1, 0.15) is 10.1 Å². The number of hydrogen-bond acceptors (Lipinski definition) is 6. The molecule has 0 radical (unpaired) electrons. The number of urea groups is 1. The maximum absolute atomic E-state index is 13.0. The quantitative estimate of drug-likeness (QED) is 0.685. The fourth-order valence-electron chi connectivity index (χ4n) is 4.06. The SMILES string of the molecule is COC(=O)N1CCC2(C1)CN(C(=O)Nc1ncc(Cl)s1)c1ccc(OCC(F)(F)F)cc12. The lowest BCUT2D eigenvalue weighted by molar-refractivity contribution is -0.153. The normalized spacial score (nSPS) is 19.9. The zero-order valence-electron chi connectivity index (χ0n) is 16.7. The first kappa shape index (κ1) is 22.5. The van der Waals surface area contributed by atoms with Gasteiger partial charge in [0.25, 0.3) is 0 Å². The van der Waals surface area contributed by atoms with E-state index in [4.69, 9.17) is 21.1 Å². The molecule has 0 saturated carbocycles. The highest BCUT2D eigenvalue weighted by Gasteiger charge is 2.50. The number of fused-ring (bicyclic) bond motifs is 2. The van der Waals surface area contributed by atoms with Gasteiger partial charge in [-0.25, -0.2) is 14.6 Å². The number of amides is 3. The van der Waals surface area contributed by atoms with Crippen LogP contribution < -0.4 is 15.0 Å². The first-order chi connectivity index (χ1) is 15.1. The highest BCUT2D eigenvalue weighted by atomic mass is 35.5. The van der Waals surface area contributed by atoms with Crippen LogP contribution in [0.1, 0.15) is 12.0 Å². The Kier molecular flexibility index (Phi) is 5.84. The predicted molar refractivity (Wildman–Crippen MR) is 112 cm³/mol. The van der Waals surface area contributed by atoms with Crippen LogP contribution in [0.3, 0.4) is 0 Å². The largest absolute Gasteiger partial charge is 0.484 e. The Morgan fingerprint density at radius 2 is 2.12 bits per heavy atom. The molecule has 172 valence electrons. The van der Waals surface area contributed by atoms with Gasteiger partial charge in [-0.05, 0) is 30.2 Å². The Labute approximate surface area is 189 Å². The van der Waals surface area contributed by atoms with Gasteiger partial charge in [0, 0.05) is 30.7 Å². The van der Waals surface area contributed by atoms with Gasteiger partial charge in [-0.3, -0.25) is 10.2 Å². The van der Waals surface area contributed by atoms with Crippen LogP contribution in [0, 0.1) is 0 Å². The Balaban J connectivity index is 1.64. The summed E-state index contributed by atoms with van der Waals surface area (Å²) in [7, 11) is 1.28. The number of methoxy groups -OCH3 is 1. The summed E-state index contributed by atoms with van der Waals surface area (Å²) in [5.74, 6) is 0.0333. The van der Waals surface area contributed by atoms with Gasteiger partial charge in [-0.1, -0.05) is 22.9 Å². The third-order valence-electron chi connectivity index (χ3n) is 5.42. The number of halogens is 4. The fraction of sp³-hybridized carbons (Fsp3) is 0.421. The van der Waals surface area contributed by atoms with E-state index in [0.29, 0.717) is 33.7 Å². The Morgan fingerprint density at radius 1 is 1.34 bits per heavy atom. The van der Waals surface area contributed by atoms with E-state index in [1.807, 2.05) is 0 Å². The van der Waals surface area contributed by atoms with Gasteiger partial charge < -0.3 is 14.4 Å². The minimum Gasteiger partial charge on any atom is -0.484 e. The minimum absolute atomic E-state index is 0.0333. The molecule has 1 aromatic heterocycles. The molecule has 4 rings (SSSR count). The molecule has 2 aromatic rings. The monoisotopic (exact) mass is 490 g/mol. The summed E-state index contributed by atoms with van der Waals surface area (Å²) >= 11 is 6.97. The van der Waals surface area contributed by atoms with E-state index in [0.717, 1.165) is 11.3 Å². The second-order valence-corrected chi connectivity index (χ2v) is 9.15. The number of carbonyl (C=O) groups excluding carboxylic acids is 2. The summed E-state index contributed by atoms with van der Waals surface area (Å²) in [4.78, 5) is 32.0. The Morgan fingerprint density at radius 3 is 2.78 bits per heavy atom. The maximum atomic E-state index is 13.0. The van der Waals surface area contributed by atoms with Gasteiger partial charge in [-0.15, -0.1) is 0 Å². The van der Waals surface area contributed by atoms with Gasteiger partial charge in [0.2, 0.25) is 0 Å². The third kappa shape index (κ3) is 4.42. The molecule has 3 heterocycles. The molecule has 1 N–H and O–H groups in total. The molecule has 1 atom stereocenters. The standard InChI is InChI=1S/C19H18ClF3N4O4S/c1-30-17(29)26-5-4-18(8-26)9-27(16(28)25-15-24-7-14(20)32-15)13-3-2-11(6-12(13)18)31-10-19(21,22)23/h2-3,6-7H,4-5,8-10H2,1H3,(H,24,25,28). The summed E-state index contributed by atoms with van der Waals surface area (Å²) in [6, 6.07) is 3.98. The topological polar surface area (TPSA) is 84.0 Å². The van der Waals surface area contributed by atoms with Crippen molar-refractivity contribution >= 4 is 45.9 Å². The smallest absolute Gasteiger partial charge is 0.422 e. The van der Waals surface area contributed by atoms with Crippen molar-refractivity contribution in [2.75, 3.05) is 43.6 Å². The second-order valence-electron chi connectivity index (χ2n) is 7.49. The first-order valence-corrected chi connectivity index (χ1v) is 10.7. The summed E-state index contributed by atoms with van der Waals surface area (Å²) in [5, 5.41) is 3.00. The number of nitrogens with one attached hydrogen (secondary N) is 1. The van der Waals surface area contributed by atoms with Crippen molar-refractivity contribution in [3.63, 3.8) is 0 Å². The van der Waals surface area contributed by atoms with E-state index in [1.165, 1.54) is 35.2 Å². The molecular formula is C19H18ClF3N4O4S. The average molecular weight is 491 g/mol. The highest BCUT2D eigenvalue weighted by Crippen LogP contribution is 2.48. The van der Waals surface area contributed by atoms with Crippen LogP contribution in [0.2, 0.25) is 4.34 Å². The van der Waals surface area contributed by atoms with Crippen molar-refractivity contribution in [1.29, 1.82) is 0 Å². The lowest BCUT2D eigenvalue weighted by Gasteiger charge is -2.25. The number of likely N-dealkylation sites (tertiary alicyclic amines) is 1. The van der Waals surface area contributed by atoms with Crippen LogP contribution in [0.25, 0.3) is 0 Å². The number of anilines is 2. The number of nitrogens with zero attached hydrogens (tertiary/aromatic N) is 3. The van der Waals surface area contributed by atoms with Crippen molar-refractivity contribution < 1.29 is 32.2 Å². The molecule has 13 heteroatoms. The lowest BCUT2D eigenvalue weighted by atomic mass is 9.81. The number of thiazole rings is 1. The predicted octanol–water partition coefficient (Wildman–Crippen LogP) is 4.50. The molecular weight excluding hydrogens is 473 g/mol. The number of hydrogen-bond donors (Lipinski definition) is 1. The van der Waals surface area contributed by atoms with E-state index in [2.05, 4.69) is 10.3 Å². The van der Waals surface area contributed by atoms with E-state index < -0.39 is 30.3 Å². The number of rotatable bonds is 3. The molecule has 0 aliphatic carbocycles. The van der Waals surface area contributed by atoms with Crippen molar-refractivity contribution in [3.05, 3.63) is 34.3 Å². The highest BCUT2D eigenvalue weighted by molar-refractivity contribution is 7.19. The third-order valence-corrected chi connectivity index (χ3v) is 6.45. The van der Waals surface area contributed by atoms with Crippen molar-refractivity contribution in [2.45, 2.75) is 18.0 Å². The van der Waals surface area contributed by atoms with Crippen LogP contribution >= 0.6 is 22.9 Å². The van der Waals surface area contributed by atoms with Gasteiger partial charge in [0.15, 0.2) is 11.7 Å². The molecule has 0 bridgehead atoms. The van der Waals surface area contributed by atoms with Gasteiger partial charge in [-0.2, -0.15) is 13.2 Å². The maximum Gasteiger partial charge on any atom is 0.422 e. The summed E-state index contributed by atoms with van der Waals surface area (Å²) in [5.41, 5.74) is 0.492. The van der Waals surface area contributed by atoms with Crippen LogP contribution in [0.5, 0.6) is 5.75 Å². The van der Waals surface area contributed by atoms with E-state index in [9.17, 15) is 22.8 Å². The van der Waals surface area contributed by atoms with Crippen LogP contribution in [-0.2, 0) is 10.2 Å². The molecule has 1 unspecified atom stereocenters. The molecule has 32 heavy (non-hydrogen) atoms. The number of carbonyl (C=O) groups is 2. The van der Waals surface area contributed by atoms with E-state index >= 15 is 0 Å². The number of benzene rings is 1. The lowest BCUT2D eigenvalue weighted by Crippen LogP contribution is -2.41. The van der Waals surface area contributed by atoms with E-state index in [1.54, 1.807) is 6.07 Å². The first-order valence-electron chi connectivity index (χ1n) is 9.47. The van der Waals surface area contributed by atoms with Crippen molar-refractivity contribution in [1.82, 2.24) is 9.88 Å². The average Bonchev–Trinajstić information content (AvgIpc) is 3.44. The molecule has 1 saturated heterocycles. The molecule has 1 fully saturated rings.